The second kappa shape index (κ2) is 5.29. The molecule has 2 N–H and O–H groups in total. The van der Waals surface area contributed by atoms with Crippen molar-refractivity contribution in [3.8, 4) is 0 Å². The zero-order valence-corrected chi connectivity index (χ0v) is 11.1. The average Bonchev–Trinajstić information content (AvgIpc) is 2.82. The summed E-state index contributed by atoms with van der Waals surface area (Å²) in [6.45, 7) is 2.34. The highest BCUT2D eigenvalue weighted by Crippen LogP contribution is 2.24. The van der Waals surface area contributed by atoms with Crippen LogP contribution >= 0.6 is 11.6 Å². The fraction of sp³-hybridized carbons (Fsp3) is 0.500. The summed E-state index contributed by atoms with van der Waals surface area (Å²) >= 11 is 6.15. The molecule has 2 aromatic heterocycles. The SMILES string of the molecule is Clc1ccnc2[nH]c(CCC3CCNCC3)cc12. The molecule has 0 amide bonds. The van der Waals surface area contributed by atoms with Gasteiger partial charge in [-0.05, 0) is 56.8 Å². The Balaban J connectivity index is 1.69. The van der Waals surface area contributed by atoms with Gasteiger partial charge in [0.25, 0.3) is 0 Å². The number of fused-ring (bicyclic) bond motifs is 1. The van der Waals surface area contributed by atoms with E-state index in [4.69, 9.17) is 11.6 Å². The monoisotopic (exact) mass is 263 g/mol. The number of rotatable bonds is 3. The average molecular weight is 264 g/mol. The van der Waals surface area contributed by atoms with Crippen LogP contribution in [0.5, 0.6) is 0 Å². The van der Waals surface area contributed by atoms with Crippen LogP contribution in [0.3, 0.4) is 0 Å². The molecule has 0 spiro atoms. The third-order valence-electron chi connectivity index (χ3n) is 3.82. The number of nitrogens with one attached hydrogen (secondary N) is 2. The van der Waals surface area contributed by atoms with Gasteiger partial charge in [-0.1, -0.05) is 11.6 Å². The van der Waals surface area contributed by atoms with E-state index in [0.717, 1.165) is 28.4 Å². The number of hydrogen-bond donors (Lipinski definition) is 2. The Morgan fingerprint density at radius 2 is 2.17 bits per heavy atom. The lowest BCUT2D eigenvalue weighted by molar-refractivity contribution is 0.353. The number of piperidine rings is 1. The van der Waals surface area contributed by atoms with Crippen LogP contribution in [0.25, 0.3) is 11.0 Å². The van der Waals surface area contributed by atoms with Gasteiger partial charge in [0, 0.05) is 17.3 Å². The van der Waals surface area contributed by atoms with E-state index in [1.165, 1.54) is 38.0 Å². The van der Waals surface area contributed by atoms with Crippen molar-refractivity contribution in [3.05, 3.63) is 29.0 Å². The van der Waals surface area contributed by atoms with Crippen LogP contribution in [-0.4, -0.2) is 23.1 Å². The molecule has 1 aliphatic rings. The molecule has 2 aromatic rings. The van der Waals surface area contributed by atoms with Gasteiger partial charge >= 0.3 is 0 Å². The Morgan fingerprint density at radius 1 is 1.33 bits per heavy atom. The summed E-state index contributed by atoms with van der Waals surface area (Å²) < 4.78 is 0. The van der Waals surface area contributed by atoms with Gasteiger partial charge in [0.2, 0.25) is 0 Å². The molecular formula is C14H18ClN3. The quantitative estimate of drug-likeness (QED) is 0.893. The van der Waals surface area contributed by atoms with Crippen molar-refractivity contribution in [2.45, 2.75) is 25.7 Å². The van der Waals surface area contributed by atoms with Gasteiger partial charge in [-0.3, -0.25) is 0 Å². The van der Waals surface area contributed by atoms with Crippen molar-refractivity contribution >= 4 is 22.6 Å². The smallest absolute Gasteiger partial charge is 0.138 e. The molecule has 0 aromatic carbocycles. The van der Waals surface area contributed by atoms with Crippen LogP contribution in [0.15, 0.2) is 18.3 Å². The molecule has 96 valence electrons. The van der Waals surface area contributed by atoms with E-state index in [2.05, 4.69) is 21.4 Å². The molecule has 0 atom stereocenters. The number of aromatic nitrogens is 2. The summed E-state index contributed by atoms with van der Waals surface area (Å²) in [5, 5.41) is 5.23. The Labute approximate surface area is 112 Å². The zero-order chi connectivity index (χ0) is 12.4. The molecule has 1 aliphatic heterocycles. The van der Waals surface area contributed by atoms with E-state index in [1.807, 2.05) is 6.07 Å². The van der Waals surface area contributed by atoms with Gasteiger partial charge in [0.15, 0.2) is 0 Å². The van der Waals surface area contributed by atoms with E-state index in [9.17, 15) is 0 Å². The molecule has 18 heavy (non-hydrogen) atoms. The Bertz CT molecular complexity index is 529. The van der Waals surface area contributed by atoms with Gasteiger partial charge in [-0.15, -0.1) is 0 Å². The fourth-order valence-corrected chi connectivity index (χ4v) is 2.91. The highest BCUT2D eigenvalue weighted by Gasteiger charge is 2.13. The zero-order valence-electron chi connectivity index (χ0n) is 10.4. The van der Waals surface area contributed by atoms with Crippen molar-refractivity contribution in [2.75, 3.05) is 13.1 Å². The summed E-state index contributed by atoms with van der Waals surface area (Å²) in [5.74, 6) is 0.862. The number of nitrogens with zero attached hydrogens (tertiary/aromatic N) is 1. The first-order valence-corrected chi connectivity index (χ1v) is 7.03. The largest absolute Gasteiger partial charge is 0.343 e. The summed E-state index contributed by atoms with van der Waals surface area (Å²) in [6.07, 6.45) is 6.71. The summed E-state index contributed by atoms with van der Waals surface area (Å²) in [6, 6.07) is 3.99. The third-order valence-corrected chi connectivity index (χ3v) is 4.14. The van der Waals surface area contributed by atoms with Crippen LogP contribution in [0.2, 0.25) is 5.02 Å². The highest BCUT2D eigenvalue weighted by molar-refractivity contribution is 6.35. The van der Waals surface area contributed by atoms with Crippen LogP contribution in [0.4, 0.5) is 0 Å². The molecule has 0 radical (unpaired) electrons. The molecule has 3 nitrogen and oxygen atoms in total. The van der Waals surface area contributed by atoms with Crippen molar-refractivity contribution in [1.29, 1.82) is 0 Å². The lowest BCUT2D eigenvalue weighted by Gasteiger charge is -2.22. The summed E-state index contributed by atoms with van der Waals surface area (Å²) in [5.41, 5.74) is 2.16. The van der Waals surface area contributed by atoms with Gasteiger partial charge in [-0.2, -0.15) is 0 Å². The Hall–Kier alpha value is -1.06. The van der Waals surface area contributed by atoms with E-state index in [-0.39, 0.29) is 0 Å². The molecule has 3 rings (SSSR count). The number of aromatic amines is 1. The van der Waals surface area contributed by atoms with E-state index >= 15 is 0 Å². The first kappa shape index (κ1) is 12.0. The molecule has 1 saturated heterocycles. The summed E-state index contributed by atoms with van der Waals surface area (Å²) in [7, 11) is 0. The number of pyridine rings is 1. The molecule has 0 unspecified atom stereocenters. The van der Waals surface area contributed by atoms with Gasteiger partial charge in [0.05, 0.1) is 5.02 Å². The molecular weight excluding hydrogens is 246 g/mol. The maximum absolute atomic E-state index is 6.15. The predicted molar refractivity (Wildman–Crippen MR) is 75.0 cm³/mol. The van der Waals surface area contributed by atoms with Crippen molar-refractivity contribution < 1.29 is 0 Å². The first-order chi connectivity index (χ1) is 8.83. The van der Waals surface area contributed by atoms with Crippen molar-refractivity contribution in [3.63, 3.8) is 0 Å². The highest BCUT2D eigenvalue weighted by atomic mass is 35.5. The Morgan fingerprint density at radius 3 is 2.94 bits per heavy atom. The number of hydrogen-bond acceptors (Lipinski definition) is 2. The predicted octanol–water partition coefficient (Wildman–Crippen LogP) is 3.15. The van der Waals surface area contributed by atoms with E-state index < -0.39 is 0 Å². The molecule has 4 heteroatoms. The lowest BCUT2D eigenvalue weighted by Crippen LogP contribution is -2.27. The fourth-order valence-electron chi connectivity index (χ4n) is 2.71. The first-order valence-electron chi connectivity index (χ1n) is 6.66. The van der Waals surface area contributed by atoms with Crippen LogP contribution in [-0.2, 0) is 6.42 Å². The minimum absolute atomic E-state index is 0.782. The van der Waals surface area contributed by atoms with Crippen molar-refractivity contribution in [1.82, 2.24) is 15.3 Å². The summed E-state index contributed by atoms with van der Waals surface area (Å²) in [4.78, 5) is 7.67. The van der Waals surface area contributed by atoms with Crippen LogP contribution < -0.4 is 5.32 Å². The maximum atomic E-state index is 6.15. The second-order valence-electron chi connectivity index (χ2n) is 5.08. The van der Waals surface area contributed by atoms with Crippen molar-refractivity contribution in [2.24, 2.45) is 5.92 Å². The standard InChI is InChI=1S/C14H18ClN3/c15-13-5-8-17-14-12(13)9-11(18-14)2-1-10-3-6-16-7-4-10/h5,8-10,16H,1-4,6-7H2,(H,17,18). The van der Waals surface area contributed by atoms with Gasteiger partial charge in [0.1, 0.15) is 5.65 Å². The molecule has 0 saturated carbocycles. The minimum Gasteiger partial charge on any atom is -0.343 e. The Kier molecular flexibility index (Phi) is 3.52. The minimum atomic E-state index is 0.782. The molecule has 0 aliphatic carbocycles. The maximum Gasteiger partial charge on any atom is 0.138 e. The van der Waals surface area contributed by atoms with Crippen LogP contribution in [0.1, 0.15) is 25.0 Å². The van der Waals surface area contributed by atoms with E-state index in [1.54, 1.807) is 6.20 Å². The van der Waals surface area contributed by atoms with E-state index in [0.29, 0.717) is 0 Å². The number of H-pyrrole nitrogens is 1. The third kappa shape index (κ3) is 2.52. The molecule has 0 bridgehead atoms. The van der Waals surface area contributed by atoms with Gasteiger partial charge < -0.3 is 10.3 Å². The number of aryl methyl sites for hydroxylation is 1. The lowest BCUT2D eigenvalue weighted by atomic mass is 9.92. The normalized spacial score (nSPS) is 17.4. The second-order valence-corrected chi connectivity index (χ2v) is 5.49. The van der Waals surface area contributed by atoms with Crippen LogP contribution in [0, 0.1) is 5.92 Å². The topological polar surface area (TPSA) is 40.7 Å². The number of halogens is 1. The van der Waals surface area contributed by atoms with Gasteiger partial charge in [-0.25, -0.2) is 4.98 Å². The molecule has 1 fully saturated rings. The molecule has 3 heterocycles.